The summed E-state index contributed by atoms with van der Waals surface area (Å²) in [7, 11) is 0. The van der Waals surface area contributed by atoms with E-state index in [1.165, 1.54) is 6.08 Å². The van der Waals surface area contributed by atoms with Gasteiger partial charge in [0.2, 0.25) is 0 Å². The number of rotatable bonds is 5. The van der Waals surface area contributed by atoms with E-state index >= 15 is 0 Å². The van der Waals surface area contributed by atoms with Gasteiger partial charge >= 0.3 is 5.97 Å². The Morgan fingerprint density at radius 2 is 1.74 bits per heavy atom. The van der Waals surface area contributed by atoms with Gasteiger partial charge in [0.15, 0.2) is 0 Å². The van der Waals surface area contributed by atoms with Crippen molar-refractivity contribution in [2.45, 2.75) is 6.61 Å². The molecule has 0 saturated heterocycles. The summed E-state index contributed by atoms with van der Waals surface area (Å²) < 4.78 is 5.71. The highest BCUT2D eigenvalue weighted by molar-refractivity contribution is 5.85. The van der Waals surface area contributed by atoms with Gasteiger partial charge in [-0.3, -0.25) is 0 Å². The maximum atomic E-state index is 10.5. The molecule has 0 aliphatic carbocycles. The quantitative estimate of drug-likeness (QED) is 0.832. The summed E-state index contributed by atoms with van der Waals surface area (Å²) in [5.41, 5.74) is 1.82. The Morgan fingerprint density at radius 1 is 1.05 bits per heavy atom. The lowest BCUT2D eigenvalue weighted by Gasteiger charge is -2.09. The van der Waals surface area contributed by atoms with Crippen LogP contribution in [0.2, 0.25) is 0 Å². The third kappa shape index (κ3) is 4.00. The molecule has 2 aromatic carbocycles. The molecule has 0 unspecified atom stereocenters. The molecule has 0 heterocycles. The minimum absolute atomic E-state index is 0.457. The lowest BCUT2D eigenvalue weighted by atomic mass is 10.2. The van der Waals surface area contributed by atoms with Crippen molar-refractivity contribution < 1.29 is 14.6 Å². The Morgan fingerprint density at radius 3 is 2.47 bits per heavy atom. The van der Waals surface area contributed by atoms with Crippen molar-refractivity contribution in [1.82, 2.24) is 0 Å². The zero-order valence-electron chi connectivity index (χ0n) is 10.3. The highest BCUT2D eigenvalue weighted by Gasteiger charge is 2.01. The molecule has 0 spiro atoms. The normalized spacial score (nSPS) is 10.5. The minimum atomic E-state index is -0.974. The summed E-state index contributed by atoms with van der Waals surface area (Å²) in [6, 6.07) is 17.2. The Hall–Kier alpha value is -2.55. The maximum absolute atomic E-state index is 10.5. The molecule has 0 atom stereocenters. The molecular formula is C16H14O3. The van der Waals surface area contributed by atoms with Crippen LogP contribution in [0.15, 0.2) is 60.7 Å². The number of aliphatic carboxylic acids is 1. The van der Waals surface area contributed by atoms with Gasteiger partial charge in [-0.2, -0.15) is 0 Å². The molecule has 0 fully saturated rings. The van der Waals surface area contributed by atoms with Crippen LogP contribution >= 0.6 is 0 Å². The van der Waals surface area contributed by atoms with E-state index < -0.39 is 5.97 Å². The van der Waals surface area contributed by atoms with Gasteiger partial charge < -0.3 is 9.84 Å². The van der Waals surface area contributed by atoms with Gasteiger partial charge in [-0.15, -0.1) is 0 Å². The molecule has 96 valence electrons. The van der Waals surface area contributed by atoms with Crippen molar-refractivity contribution in [3.63, 3.8) is 0 Å². The molecule has 0 amide bonds. The second kappa shape index (κ2) is 6.40. The van der Waals surface area contributed by atoms with Gasteiger partial charge in [-0.05, 0) is 17.7 Å². The standard InChI is InChI=1S/C16H14O3/c17-16(18)11-10-14-8-4-5-9-15(14)19-12-13-6-2-1-3-7-13/h1-11H,12H2,(H,17,18)/b11-10+. The van der Waals surface area contributed by atoms with Crippen LogP contribution in [0.25, 0.3) is 6.08 Å². The van der Waals surface area contributed by atoms with Crippen LogP contribution in [-0.4, -0.2) is 11.1 Å². The topological polar surface area (TPSA) is 46.5 Å². The van der Waals surface area contributed by atoms with Gasteiger partial charge in [0, 0.05) is 11.6 Å². The number of ether oxygens (including phenoxy) is 1. The van der Waals surface area contributed by atoms with Gasteiger partial charge in [-0.25, -0.2) is 4.79 Å². The van der Waals surface area contributed by atoms with Crippen molar-refractivity contribution in [3.8, 4) is 5.75 Å². The first-order chi connectivity index (χ1) is 9.25. The number of hydrogen-bond acceptors (Lipinski definition) is 2. The van der Waals surface area contributed by atoms with Crippen LogP contribution in [-0.2, 0) is 11.4 Å². The molecule has 3 nitrogen and oxygen atoms in total. The molecule has 0 saturated carbocycles. The summed E-state index contributed by atoms with van der Waals surface area (Å²) in [5, 5.41) is 8.65. The molecule has 0 aliphatic rings. The number of carboxylic acids is 1. The molecule has 2 rings (SSSR count). The van der Waals surface area contributed by atoms with Crippen molar-refractivity contribution in [3.05, 3.63) is 71.8 Å². The third-order valence-corrected chi connectivity index (χ3v) is 2.56. The fraction of sp³-hybridized carbons (Fsp3) is 0.0625. The molecule has 3 heteroatoms. The summed E-state index contributed by atoms with van der Waals surface area (Å²) in [6.07, 6.45) is 2.63. The van der Waals surface area contributed by atoms with E-state index in [9.17, 15) is 4.79 Å². The average Bonchev–Trinajstić information content (AvgIpc) is 2.45. The molecule has 0 bridgehead atoms. The van der Waals surface area contributed by atoms with Crippen LogP contribution in [0.5, 0.6) is 5.75 Å². The number of benzene rings is 2. The molecule has 0 aromatic heterocycles. The van der Waals surface area contributed by atoms with E-state index in [0.717, 1.165) is 17.2 Å². The number of carbonyl (C=O) groups is 1. The zero-order chi connectivity index (χ0) is 13.5. The van der Waals surface area contributed by atoms with Gasteiger partial charge in [0.05, 0.1) is 0 Å². The first-order valence-corrected chi connectivity index (χ1v) is 5.92. The molecule has 0 radical (unpaired) electrons. The predicted molar refractivity (Wildman–Crippen MR) is 73.9 cm³/mol. The van der Waals surface area contributed by atoms with Crippen LogP contribution in [0.3, 0.4) is 0 Å². The molecule has 2 aromatic rings. The summed E-state index contributed by atoms with van der Waals surface area (Å²) >= 11 is 0. The highest BCUT2D eigenvalue weighted by atomic mass is 16.5. The third-order valence-electron chi connectivity index (χ3n) is 2.56. The van der Waals surface area contributed by atoms with E-state index in [4.69, 9.17) is 9.84 Å². The fourth-order valence-electron chi connectivity index (χ4n) is 1.65. The van der Waals surface area contributed by atoms with Gasteiger partial charge in [0.1, 0.15) is 12.4 Å². The number of para-hydroxylation sites is 1. The fourth-order valence-corrected chi connectivity index (χ4v) is 1.65. The monoisotopic (exact) mass is 254 g/mol. The molecule has 0 aliphatic heterocycles. The van der Waals surface area contributed by atoms with Crippen LogP contribution in [0.1, 0.15) is 11.1 Å². The van der Waals surface area contributed by atoms with Crippen molar-refractivity contribution in [1.29, 1.82) is 0 Å². The predicted octanol–water partition coefficient (Wildman–Crippen LogP) is 3.36. The molecule has 1 N–H and O–H groups in total. The lowest BCUT2D eigenvalue weighted by molar-refractivity contribution is -0.131. The lowest BCUT2D eigenvalue weighted by Crippen LogP contribution is -1.96. The summed E-state index contributed by atoms with van der Waals surface area (Å²) in [4.78, 5) is 10.5. The van der Waals surface area contributed by atoms with E-state index in [2.05, 4.69) is 0 Å². The SMILES string of the molecule is O=C(O)/C=C/c1ccccc1OCc1ccccc1. The van der Waals surface area contributed by atoms with E-state index in [1.54, 1.807) is 0 Å². The first kappa shape index (κ1) is 12.9. The van der Waals surface area contributed by atoms with E-state index in [0.29, 0.717) is 12.4 Å². The number of hydrogen-bond donors (Lipinski definition) is 1. The first-order valence-electron chi connectivity index (χ1n) is 5.92. The average molecular weight is 254 g/mol. The van der Waals surface area contributed by atoms with E-state index in [1.807, 2.05) is 54.6 Å². The second-order valence-electron chi connectivity index (χ2n) is 3.98. The largest absolute Gasteiger partial charge is 0.488 e. The Balaban J connectivity index is 2.10. The summed E-state index contributed by atoms with van der Waals surface area (Å²) in [5.74, 6) is -0.304. The van der Waals surface area contributed by atoms with Crippen molar-refractivity contribution in [2.24, 2.45) is 0 Å². The molecule has 19 heavy (non-hydrogen) atoms. The van der Waals surface area contributed by atoms with Crippen molar-refractivity contribution in [2.75, 3.05) is 0 Å². The molecular weight excluding hydrogens is 240 g/mol. The zero-order valence-corrected chi connectivity index (χ0v) is 10.3. The Bertz CT molecular complexity index is 574. The van der Waals surface area contributed by atoms with Crippen LogP contribution in [0, 0.1) is 0 Å². The van der Waals surface area contributed by atoms with E-state index in [-0.39, 0.29) is 0 Å². The Labute approximate surface area is 111 Å². The number of carboxylic acid groups (broad SMARTS) is 1. The Kier molecular flexibility index (Phi) is 4.34. The van der Waals surface area contributed by atoms with Crippen LogP contribution in [0.4, 0.5) is 0 Å². The highest BCUT2D eigenvalue weighted by Crippen LogP contribution is 2.20. The smallest absolute Gasteiger partial charge is 0.328 e. The second-order valence-corrected chi connectivity index (χ2v) is 3.98. The summed E-state index contributed by atoms with van der Waals surface area (Å²) in [6.45, 7) is 0.457. The van der Waals surface area contributed by atoms with Crippen molar-refractivity contribution >= 4 is 12.0 Å². The maximum Gasteiger partial charge on any atom is 0.328 e. The minimum Gasteiger partial charge on any atom is -0.488 e. The van der Waals surface area contributed by atoms with Gasteiger partial charge in [0.25, 0.3) is 0 Å². The van der Waals surface area contributed by atoms with Gasteiger partial charge in [-0.1, -0.05) is 48.5 Å². The van der Waals surface area contributed by atoms with Crippen LogP contribution < -0.4 is 4.74 Å².